The fourth-order valence-electron chi connectivity index (χ4n) is 1.64. The summed E-state index contributed by atoms with van der Waals surface area (Å²) in [6.07, 6.45) is 1.16. The number of Topliss-reactive ketones (excluding diaryl/α,β-unsaturated/α-hetero) is 1. The maximum atomic E-state index is 11.1. The van der Waals surface area contributed by atoms with E-state index in [1.807, 2.05) is 25.1 Å². The topological polar surface area (TPSA) is 26.3 Å². The Balaban J connectivity index is 2.40. The van der Waals surface area contributed by atoms with Gasteiger partial charge in [-0.05, 0) is 37.6 Å². The molecule has 0 amide bonds. The van der Waals surface area contributed by atoms with E-state index in [1.165, 1.54) is 0 Å². The Bertz CT molecular complexity index is 355. The third kappa shape index (κ3) is 1.44. The number of rotatable bonds is 1. The number of benzene rings is 1. The molecule has 0 aliphatic carbocycles. The van der Waals surface area contributed by atoms with E-state index in [9.17, 15) is 4.79 Å². The van der Waals surface area contributed by atoms with Crippen LogP contribution >= 0.6 is 0 Å². The highest BCUT2D eigenvalue weighted by molar-refractivity contribution is 5.94. The van der Waals surface area contributed by atoms with E-state index in [-0.39, 0.29) is 11.9 Å². The Morgan fingerprint density at radius 1 is 1.54 bits per heavy atom. The van der Waals surface area contributed by atoms with Gasteiger partial charge in [-0.1, -0.05) is 0 Å². The first-order valence-electron chi connectivity index (χ1n) is 4.47. The lowest BCUT2D eigenvalue weighted by Gasteiger charge is -2.01. The second-order valence-corrected chi connectivity index (χ2v) is 3.51. The molecule has 13 heavy (non-hydrogen) atoms. The fraction of sp³-hybridized carbons (Fsp3) is 0.364. The first kappa shape index (κ1) is 8.30. The van der Waals surface area contributed by atoms with Crippen LogP contribution in [0.3, 0.4) is 0 Å². The Hall–Kier alpha value is -1.31. The quantitative estimate of drug-likeness (QED) is 0.613. The predicted molar refractivity (Wildman–Crippen MR) is 50.2 cm³/mol. The number of ketones is 1. The zero-order chi connectivity index (χ0) is 9.42. The van der Waals surface area contributed by atoms with Crippen molar-refractivity contribution >= 4 is 5.78 Å². The van der Waals surface area contributed by atoms with Crippen LogP contribution in [-0.2, 0) is 6.42 Å². The summed E-state index contributed by atoms with van der Waals surface area (Å²) in [6.45, 7) is 3.62. The van der Waals surface area contributed by atoms with Crippen molar-refractivity contribution in [2.75, 3.05) is 0 Å². The summed E-state index contributed by atoms with van der Waals surface area (Å²) in [5.41, 5.74) is 1.93. The van der Waals surface area contributed by atoms with Gasteiger partial charge in [-0.2, -0.15) is 0 Å². The normalized spacial score (nSPS) is 19.4. The van der Waals surface area contributed by atoms with E-state index < -0.39 is 0 Å². The van der Waals surface area contributed by atoms with Crippen molar-refractivity contribution in [1.29, 1.82) is 0 Å². The van der Waals surface area contributed by atoms with Crippen LogP contribution in [-0.4, -0.2) is 11.9 Å². The van der Waals surface area contributed by atoms with E-state index in [0.717, 1.165) is 23.3 Å². The molecule has 0 radical (unpaired) electrons. The molecule has 1 aliphatic heterocycles. The van der Waals surface area contributed by atoms with Gasteiger partial charge in [0.2, 0.25) is 0 Å². The van der Waals surface area contributed by atoms with Crippen LogP contribution in [0.4, 0.5) is 0 Å². The van der Waals surface area contributed by atoms with Gasteiger partial charge in [-0.25, -0.2) is 0 Å². The van der Waals surface area contributed by atoms with E-state index in [1.54, 1.807) is 6.92 Å². The number of hydrogen-bond donors (Lipinski definition) is 0. The maximum Gasteiger partial charge on any atom is 0.159 e. The Labute approximate surface area is 77.5 Å². The third-order valence-corrected chi connectivity index (χ3v) is 2.30. The van der Waals surface area contributed by atoms with Gasteiger partial charge in [-0.3, -0.25) is 4.79 Å². The standard InChI is InChI=1S/C11H12O2/c1-7-5-10-6-9(8(2)12)3-4-11(10)13-7/h3-4,6-7H,5H2,1-2H3/t7-/m1/s1. The molecular weight excluding hydrogens is 164 g/mol. The molecule has 0 unspecified atom stereocenters. The van der Waals surface area contributed by atoms with Crippen LogP contribution in [0.2, 0.25) is 0 Å². The monoisotopic (exact) mass is 176 g/mol. The minimum Gasteiger partial charge on any atom is -0.490 e. The molecule has 68 valence electrons. The molecule has 1 aliphatic rings. The number of fused-ring (bicyclic) bond motifs is 1. The average molecular weight is 176 g/mol. The van der Waals surface area contributed by atoms with Gasteiger partial charge in [0.05, 0.1) is 0 Å². The maximum absolute atomic E-state index is 11.1. The van der Waals surface area contributed by atoms with Gasteiger partial charge < -0.3 is 4.74 Å². The molecular formula is C11H12O2. The average Bonchev–Trinajstić information content (AvgIpc) is 2.42. The van der Waals surface area contributed by atoms with Crippen molar-refractivity contribution in [1.82, 2.24) is 0 Å². The zero-order valence-corrected chi connectivity index (χ0v) is 7.83. The highest BCUT2D eigenvalue weighted by Gasteiger charge is 2.19. The summed E-state index contributed by atoms with van der Waals surface area (Å²) in [7, 11) is 0. The van der Waals surface area contributed by atoms with Crippen molar-refractivity contribution in [3.05, 3.63) is 29.3 Å². The first-order chi connectivity index (χ1) is 6.16. The Morgan fingerprint density at radius 2 is 2.31 bits per heavy atom. The summed E-state index contributed by atoms with van der Waals surface area (Å²) < 4.78 is 5.53. The van der Waals surface area contributed by atoms with Gasteiger partial charge in [-0.15, -0.1) is 0 Å². The molecule has 1 heterocycles. The van der Waals surface area contributed by atoms with Crippen LogP contribution in [0.1, 0.15) is 29.8 Å². The van der Waals surface area contributed by atoms with Gasteiger partial charge in [0, 0.05) is 12.0 Å². The summed E-state index contributed by atoms with van der Waals surface area (Å²) in [6, 6.07) is 5.63. The number of carbonyl (C=O) groups is 1. The molecule has 1 atom stereocenters. The van der Waals surface area contributed by atoms with Crippen LogP contribution in [0.5, 0.6) is 5.75 Å². The molecule has 1 aromatic rings. The number of ether oxygens (including phenoxy) is 1. The second-order valence-electron chi connectivity index (χ2n) is 3.51. The van der Waals surface area contributed by atoms with E-state index in [0.29, 0.717) is 0 Å². The Morgan fingerprint density at radius 3 is 3.00 bits per heavy atom. The molecule has 0 bridgehead atoms. The van der Waals surface area contributed by atoms with Gasteiger partial charge in [0.25, 0.3) is 0 Å². The molecule has 0 saturated heterocycles. The largest absolute Gasteiger partial charge is 0.490 e. The fourth-order valence-corrected chi connectivity index (χ4v) is 1.64. The van der Waals surface area contributed by atoms with Crippen molar-refractivity contribution in [3.8, 4) is 5.75 Å². The molecule has 1 aromatic carbocycles. The van der Waals surface area contributed by atoms with Crippen LogP contribution in [0.15, 0.2) is 18.2 Å². The summed E-state index contributed by atoms with van der Waals surface area (Å²) in [5.74, 6) is 1.04. The van der Waals surface area contributed by atoms with Crippen molar-refractivity contribution in [2.24, 2.45) is 0 Å². The van der Waals surface area contributed by atoms with E-state index in [4.69, 9.17) is 4.74 Å². The molecule has 0 fully saturated rings. The summed E-state index contributed by atoms with van der Waals surface area (Å²) in [4.78, 5) is 11.1. The highest BCUT2D eigenvalue weighted by Crippen LogP contribution is 2.29. The molecule has 2 nitrogen and oxygen atoms in total. The zero-order valence-electron chi connectivity index (χ0n) is 7.83. The lowest BCUT2D eigenvalue weighted by Crippen LogP contribution is -2.05. The number of hydrogen-bond acceptors (Lipinski definition) is 2. The predicted octanol–water partition coefficient (Wildman–Crippen LogP) is 2.21. The van der Waals surface area contributed by atoms with Crippen LogP contribution in [0.25, 0.3) is 0 Å². The molecule has 0 saturated carbocycles. The first-order valence-corrected chi connectivity index (χ1v) is 4.47. The SMILES string of the molecule is CC(=O)c1ccc2c(c1)C[C@@H](C)O2. The molecule has 2 heteroatoms. The van der Waals surface area contributed by atoms with Gasteiger partial charge >= 0.3 is 0 Å². The molecule has 2 rings (SSSR count). The van der Waals surface area contributed by atoms with Crippen molar-refractivity contribution in [3.63, 3.8) is 0 Å². The van der Waals surface area contributed by atoms with Gasteiger partial charge in [0.1, 0.15) is 11.9 Å². The summed E-state index contributed by atoms with van der Waals surface area (Å²) in [5, 5.41) is 0. The second kappa shape index (κ2) is 2.87. The van der Waals surface area contributed by atoms with Gasteiger partial charge in [0.15, 0.2) is 5.78 Å². The van der Waals surface area contributed by atoms with Crippen molar-refractivity contribution < 1.29 is 9.53 Å². The van der Waals surface area contributed by atoms with Crippen LogP contribution < -0.4 is 4.74 Å². The Kier molecular flexibility index (Phi) is 1.83. The minimum atomic E-state index is 0.113. The van der Waals surface area contributed by atoms with E-state index >= 15 is 0 Å². The molecule has 0 aromatic heterocycles. The van der Waals surface area contributed by atoms with Crippen molar-refractivity contribution in [2.45, 2.75) is 26.4 Å². The highest BCUT2D eigenvalue weighted by atomic mass is 16.5. The number of carbonyl (C=O) groups excluding carboxylic acids is 1. The molecule has 0 spiro atoms. The molecule has 0 N–H and O–H groups in total. The summed E-state index contributed by atoms with van der Waals surface area (Å²) >= 11 is 0. The minimum absolute atomic E-state index is 0.113. The lowest BCUT2D eigenvalue weighted by molar-refractivity contribution is 0.101. The van der Waals surface area contributed by atoms with Crippen LogP contribution in [0, 0.1) is 0 Å². The lowest BCUT2D eigenvalue weighted by atomic mass is 10.1. The third-order valence-electron chi connectivity index (χ3n) is 2.30. The van der Waals surface area contributed by atoms with E-state index in [2.05, 4.69) is 0 Å². The smallest absolute Gasteiger partial charge is 0.159 e.